The van der Waals surface area contributed by atoms with Crippen molar-refractivity contribution in [1.29, 1.82) is 0 Å². The molecule has 2 N–H and O–H groups in total. The Balaban J connectivity index is 4.17. The molecule has 0 aliphatic rings. The van der Waals surface area contributed by atoms with Crippen LogP contribution in [-0.4, -0.2) is 53.6 Å². The molecular formula is C43H79NO4. The zero-order chi connectivity index (χ0) is 35.2. The first-order valence-corrected chi connectivity index (χ1v) is 20.3. The number of unbranched alkanes of at least 4 members (excludes halogenated alkanes) is 18. The number of ether oxygens (including phenoxy) is 1. The second kappa shape index (κ2) is 36.6. The van der Waals surface area contributed by atoms with Crippen LogP contribution in [0.1, 0.15) is 187 Å². The standard InChI is InChI=1S/C43H79NO4/c1-4-6-8-10-12-14-16-18-20-22-24-26-28-30-32-34-37-43(47,48-40-36-39-44(3)41-42(45)46)38-35-33-31-29-27-25-23-21-19-17-15-13-11-9-7-5-2/h12-15,18-21,47H,4-11,16-17,22-41H2,1-3H3,(H,45,46)/b14-12-,15-13-,20-18-,21-19-. The van der Waals surface area contributed by atoms with Gasteiger partial charge in [-0.25, -0.2) is 0 Å². The highest BCUT2D eigenvalue weighted by atomic mass is 16.6. The normalized spacial score (nSPS) is 12.7. The number of carbonyl (C=O) groups is 1. The Morgan fingerprint density at radius 1 is 0.562 bits per heavy atom. The van der Waals surface area contributed by atoms with E-state index in [0.29, 0.717) is 26.0 Å². The summed E-state index contributed by atoms with van der Waals surface area (Å²) in [5.74, 6) is -1.87. The molecule has 0 aromatic heterocycles. The molecule has 0 spiro atoms. The summed E-state index contributed by atoms with van der Waals surface area (Å²) in [5, 5.41) is 20.4. The van der Waals surface area contributed by atoms with Crippen LogP contribution in [0.2, 0.25) is 0 Å². The maximum Gasteiger partial charge on any atom is 0.317 e. The van der Waals surface area contributed by atoms with Crippen molar-refractivity contribution in [3.63, 3.8) is 0 Å². The number of likely N-dealkylation sites (N-methyl/N-ethyl adjacent to an activating group) is 1. The van der Waals surface area contributed by atoms with Crippen molar-refractivity contribution in [2.45, 2.75) is 193 Å². The molecule has 0 saturated heterocycles. The summed E-state index contributed by atoms with van der Waals surface area (Å²) in [6.07, 6.45) is 49.6. The Morgan fingerprint density at radius 2 is 0.938 bits per heavy atom. The molecule has 0 bridgehead atoms. The lowest BCUT2D eigenvalue weighted by molar-refractivity contribution is -0.214. The molecule has 0 atom stereocenters. The molecule has 0 aromatic carbocycles. The molecule has 280 valence electrons. The van der Waals surface area contributed by atoms with E-state index >= 15 is 0 Å². The first-order chi connectivity index (χ1) is 23.4. The first kappa shape index (κ1) is 46.3. The summed E-state index contributed by atoms with van der Waals surface area (Å²) in [7, 11) is 1.81. The Hall–Kier alpha value is -1.69. The molecule has 0 heterocycles. The maximum atomic E-state index is 11.4. The van der Waals surface area contributed by atoms with Gasteiger partial charge in [0.1, 0.15) is 0 Å². The van der Waals surface area contributed by atoms with E-state index in [1.165, 1.54) is 116 Å². The van der Waals surface area contributed by atoms with E-state index in [-0.39, 0.29) is 6.54 Å². The average Bonchev–Trinajstić information content (AvgIpc) is 3.06. The minimum absolute atomic E-state index is 0.0317. The van der Waals surface area contributed by atoms with E-state index in [2.05, 4.69) is 62.5 Å². The molecule has 5 heteroatoms. The monoisotopic (exact) mass is 674 g/mol. The second-order valence-electron chi connectivity index (χ2n) is 13.9. The van der Waals surface area contributed by atoms with Crippen molar-refractivity contribution >= 4 is 5.97 Å². The summed E-state index contributed by atoms with van der Waals surface area (Å²) in [6, 6.07) is 0. The van der Waals surface area contributed by atoms with Crippen molar-refractivity contribution < 1.29 is 19.7 Å². The third-order valence-electron chi connectivity index (χ3n) is 9.00. The lowest BCUT2D eigenvalue weighted by Crippen LogP contribution is -2.34. The van der Waals surface area contributed by atoms with Gasteiger partial charge >= 0.3 is 5.97 Å². The molecule has 5 nitrogen and oxygen atoms in total. The SMILES string of the molecule is CCCCC/C=C\C/C=C\CCCCCCCCC(O)(CCCCCCCC/C=C\C/C=C\CCCCC)OCCCN(C)CC(=O)O. The molecule has 0 aliphatic heterocycles. The predicted molar refractivity (Wildman–Crippen MR) is 209 cm³/mol. The summed E-state index contributed by atoms with van der Waals surface area (Å²) in [5.41, 5.74) is 0. The summed E-state index contributed by atoms with van der Waals surface area (Å²) < 4.78 is 6.09. The van der Waals surface area contributed by atoms with E-state index in [0.717, 1.165) is 44.9 Å². The number of carboxylic acids is 1. The summed E-state index contributed by atoms with van der Waals surface area (Å²) in [4.78, 5) is 12.7. The molecule has 0 amide bonds. The fourth-order valence-corrected chi connectivity index (χ4v) is 5.95. The molecule has 0 radical (unpaired) electrons. The van der Waals surface area contributed by atoms with Gasteiger partial charge in [-0.05, 0) is 90.5 Å². The molecule has 0 aromatic rings. The van der Waals surface area contributed by atoms with Crippen LogP contribution in [0.5, 0.6) is 0 Å². The highest BCUT2D eigenvalue weighted by Crippen LogP contribution is 2.25. The number of aliphatic carboxylic acids is 1. The van der Waals surface area contributed by atoms with Crippen LogP contribution in [0, 0.1) is 0 Å². The van der Waals surface area contributed by atoms with Gasteiger partial charge in [0.15, 0.2) is 5.79 Å². The molecule has 0 rings (SSSR count). The Labute approximate surface area is 298 Å². The smallest absolute Gasteiger partial charge is 0.317 e. The van der Waals surface area contributed by atoms with Crippen LogP contribution in [0.3, 0.4) is 0 Å². The van der Waals surface area contributed by atoms with Gasteiger partial charge in [0.2, 0.25) is 0 Å². The Morgan fingerprint density at radius 3 is 1.33 bits per heavy atom. The molecule has 48 heavy (non-hydrogen) atoms. The number of hydrogen-bond donors (Lipinski definition) is 2. The lowest BCUT2D eigenvalue weighted by Gasteiger charge is -2.29. The van der Waals surface area contributed by atoms with Crippen molar-refractivity contribution in [2.24, 2.45) is 0 Å². The third kappa shape index (κ3) is 35.6. The van der Waals surface area contributed by atoms with Gasteiger partial charge in [0.05, 0.1) is 13.2 Å². The minimum Gasteiger partial charge on any atom is -0.480 e. The molecule has 0 fully saturated rings. The van der Waals surface area contributed by atoms with E-state index in [1.807, 2.05) is 7.05 Å². The fraction of sp³-hybridized carbons (Fsp3) is 0.791. The highest BCUT2D eigenvalue weighted by molar-refractivity contribution is 5.68. The summed E-state index contributed by atoms with van der Waals surface area (Å²) >= 11 is 0. The number of rotatable bonds is 37. The Kier molecular flexibility index (Phi) is 35.3. The average molecular weight is 674 g/mol. The highest BCUT2D eigenvalue weighted by Gasteiger charge is 2.26. The van der Waals surface area contributed by atoms with Crippen LogP contribution in [0.25, 0.3) is 0 Å². The van der Waals surface area contributed by atoms with Crippen molar-refractivity contribution in [3.05, 3.63) is 48.6 Å². The van der Waals surface area contributed by atoms with E-state index in [4.69, 9.17) is 9.84 Å². The van der Waals surface area contributed by atoms with Gasteiger partial charge in [0, 0.05) is 19.4 Å². The van der Waals surface area contributed by atoms with Crippen molar-refractivity contribution in [3.8, 4) is 0 Å². The van der Waals surface area contributed by atoms with Gasteiger partial charge in [-0.2, -0.15) is 0 Å². The summed E-state index contributed by atoms with van der Waals surface area (Å²) in [6.45, 7) is 5.65. The van der Waals surface area contributed by atoms with Gasteiger partial charge in [-0.3, -0.25) is 9.69 Å². The van der Waals surface area contributed by atoms with E-state index in [9.17, 15) is 9.90 Å². The number of allylic oxidation sites excluding steroid dienone is 8. The molecular weight excluding hydrogens is 594 g/mol. The molecule has 0 unspecified atom stereocenters. The minimum atomic E-state index is -1.06. The van der Waals surface area contributed by atoms with Crippen LogP contribution in [-0.2, 0) is 9.53 Å². The van der Waals surface area contributed by atoms with Crippen molar-refractivity contribution in [1.82, 2.24) is 4.90 Å². The topological polar surface area (TPSA) is 70.0 Å². The van der Waals surface area contributed by atoms with Crippen LogP contribution in [0.4, 0.5) is 0 Å². The van der Waals surface area contributed by atoms with E-state index < -0.39 is 11.8 Å². The number of aliphatic hydroxyl groups is 1. The largest absolute Gasteiger partial charge is 0.480 e. The van der Waals surface area contributed by atoms with Gasteiger partial charge < -0.3 is 14.9 Å². The molecule has 0 aliphatic carbocycles. The fourth-order valence-electron chi connectivity index (χ4n) is 5.95. The second-order valence-corrected chi connectivity index (χ2v) is 13.9. The lowest BCUT2D eigenvalue weighted by atomic mass is 9.98. The number of nitrogens with zero attached hydrogens (tertiary/aromatic N) is 1. The van der Waals surface area contributed by atoms with Gasteiger partial charge in [-0.1, -0.05) is 140 Å². The third-order valence-corrected chi connectivity index (χ3v) is 9.00. The van der Waals surface area contributed by atoms with Crippen LogP contribution >= 0.6 is 0 Å². The predicted octanol–water partition coefficient (Wildman–Crippen LogP) is 12.5. The zero-order valence-electron chi connectivity index (χ0n) is 32.0. The van der Waals surface area contributed by atoms with Crippen LogP contribution in [0.15, 0.2) is 48.6 Å². The van der Waals surface area contributed by atoms with Gasteiger partial charge in [-0.15, -0.1) is 0 Å². The Bertz CT molecular complexity index is 755. The molecule has 0 saturated carbocycles. The number of carboxylic acid groups (broad SMARTS) is 1. The zero-order valence-corrected chi connectivity index (χ0v) is 32.0. The van der Waals surface area contributed by atoms with Gasteiger partial charge in [0.25, 0.3) is 0 Å². The first-order valence-electron chi connectivity index (χ1n) is 20.3. The quantitative estimate of drug-likeness (QED) is 0.0390. The van der Waals surface area contributed by atoms with Crippen molar-refractivity contribution in [2.75, 3.05) is 26.7 Å². The van der Waals surface area contributed by atoms with Crippen LogP contribution < -0.4 is 0 Å². The maximum absolute atomic E-state index is 11.4. The van der Waals surface area contributed by atoms with E-state index in [1.54, 1.807) is 4.90 Å². The number of hydrogen-bond acceptors (Lipinski definition) is 4.